The monoisotopic (exact) mass is 501 g/mol. The summed E-state index contributed by atoms with van der Waals surface area (Å²) in [5, 5.41) is 18.0. The molecule has 0 fully saturated rings. The number of rotatable bonds is 7. The molecular weight excluding hydrogens is 478 g/mol. The van der Waals surface area contributed by atoms with Crippen LogP contribution in [0.25, 0.3) is 10.6 Å². The summed E-state index contributed by atoms with van der Waals surface area (Å²) >= 11 is 7.36. The first-order valence-corrected chi connectivity index (χ1v) is 11.9. The van der Waals surface area contributed by atoms with Crippen molar-refractivity contribution in [2.45, 2.75) is 33.2 Å². The van der Waals surface area contributed by atoms with Crippen LogP contribution >= 0.6 is 22.9 Å². The molecule has 0 bridgehead atoms. The number of anilines is 2. The molecule has 1 aliphatic rings. The number of urea groups is 1. The Morgan fingerprint density at radius 3 is 2.68 bits per heavy atom. The van der Waals surface area contributed by atoms with E-state index in [2.05, 4.69) is 26.1 Å². The van der Waals surface area contributed by atoms with Gasteiger partial charge in [0, 0.05) is 16.3 Å². The van der Waals surface area contributed by atoms with Gasteiger partial charge in [-0.05, 0) is 48.7 Å². The molecule has 2 atom stereocenters. The number of fused-ring (bicyclic) bond motifs is 1. The number of amides is 3. The number of benzene rings is 2. The maximum absolute atomic E-state index is 13.0. The Labute approximate surface area is 205 Å². The van der Waals surface area contributed by atoms with Gasteiger partial charge in [-0.2, -0.15) is 0 Å². The van der Waals surface area contributed by atoms with Gasteiger partial charge in [-0.15, -0.1) is 10.2 Å². The molecule has 3 amide bonds. The molecule has 0 spiro atoms. The van der Waals surface area contributed by atoms with Crippen molar-refractivity contribution in [1.29, 1.82) is 0 Å². The first kappa shape index (κ1) is 23.8. The Kier molecular flexibility index (Phi) is 7.18. The zero-order valence-electron chi connectivity index (χ0n) is 18.8. The van der Waals surface area contributed by atoms with Crippen LogP contribution in [0.3, 0.4) is 0 Å². The van der Waals surface area contributed by atoms with Gasteiger partial charge in [-0.25, -0.2) is 4.79 Å². The van der Waals surface area contributed by atoms with Crippen molar-refractivity contribution >= 4 is 45.7 Å². The summed E-state index contributed by atoms with van der Waals surface area (Å²) in [6, 6.07) is 9.42. The number of hydrogen-bond acceptors (Lipinski definition) is 7. The first-order valence-electron chi connectivity index (χ1n) is 10.7. The molecule has 0 saturated heterocycles. The highest BCUT2D eigenvalue weighted by Crippen LogP contribution is 2.37. The third-order valence-electron chi connectivity index (χ3n) is 5.49. The number of nitrogens with zero attached hydrogens (tertiary/aromatic N) is 2. The molecule has 0 radical (unpaired) electrons. The smallest absolute Gasteiger partial charge is 0.319 e. The van der Waals surface area contributed by atoms with Gasteiger partial charge in [0.2, 0.25) is 17.8 Å². The molecule has 3 aromatic rings. The van der Waals surface area contributed by atoms with Crippen molar-refractivity contribution in [3.8, 4) is 22.1 Å². The van der Waals surface area contributed by atoms with Crippen LogP contribution < -0.4 is 25.4 Å². The van der Waals surface area contributed by atoms with Crippen LogP contribution in [-0.4, -0.2) is 35.0 Å². The molecule has 3 N–H and O–H groups in total. The fourth-order valence-electron chi connectivity index (χ4n) is 3.28. The van der Waals surface area contributed by atoms with E-state index >= 15 is 0 Å². The van der Waals surface area contributed by atoms with E-state index in [4.69, 9.17) is 21.1 Å². The Morgan fingerprint density at radius 2 is 1.91 bits per heavy atom. The minimum atomic E-state index is -0.774. The number of carbonyl (C=O) groups excluding carboxylic acids is 2. The van der Waals surface area contributed by atoms with Gasteiger partial charge in [-0.3, -0.25) is 10.1 Å². The highest BCUT2D eigenvalue weighted by molar-refractivity contribution is 7.18. The SMILES string of the molecule is CC[C@H](C)[C@H](NC(=O)Nc1ccc(C)c(Cl)c1)C(=O)Nc1nnc(-c2ccc3c(c2)OCO3)s1. The van der Waals surface area contributed by atoms with Crippen molar-refractivity contribution < 1.29 is 19.1 Å². The Morgan fingerprint density at radius 1 is 1.12 bits per heavy atom. The van der Waals surface area contributed by atoms with Crippen LogP contribution in [0.4, 0.5) is 15.6 Å². The van der Waals surface area contributed by atoms with E-state index in [0.29, 0.717) is 38.8 Å². The van der Waals surface area contributed by atoms with Gasteiger partial charge in [0.05, 0.1) is 0 Å². The first-order chi connectivity index (χ1) is 16.3. The topological polar surface area (TPSA) is 114 Å². The molecule has 0 unspecified atom stereocenters. The van der Waals surface area contributed by atoms with E-state index in [1.807, 2.05) is 39.0 Å². The minimum absolute atomic E-state index is 0.117. The van der Waals surface area contributed by atoms with Crippen molar-refractivity contribution in [1.82, 2.24) is 15.5 Å². The van der Waals surface area contributed by atoms with E-state index in [1.54, 1.807) is 18.2 Å². The number of carbonyl (C=O) groups is 2. The number of hydrogen-bond donors (Lipinski definition) is 3. The van der Waals surface area contributed by atoms with Crippen LogP contribution in [-0.2, 0) is 4.79 Å². The molecule has 2 heterocycles. The second-order valence-electron chi connectivity index (χ2n) is 7.90. The lowest BCUT2D eigenvalue weighted by atomic mass is 9.98. The van der Waals surface area contributed by atoms with E-state index in [0.717, 1.165) is 11.1 Å². The molecule has 34 heavy (non-hydrogen) atoms. The number of aromatic nitrogens is 2. The van der Waals surface area contributed by atoms with Gasteiger partial charge in [0.25, 0.3) is 0 Å². The zero-order chi connectivity index (χ0) is 24.2. The predicted molar refractivity (Wildman–Crippen MR) is 132 cm³/mol. The maximum Gasteiger partial charge on any atom is 0.319 e. The summed E-state index contributed by atoms with van der Waals surface area (Å²) < 4.78 is 10.7. The zero-order valence-corrected chi connectivity index (χ0v) is 20.4. The van der Waals surface area contributed by atoms with E-state index in [1.165, 1.54) is 11.3 Å². The fourth-order valence-corrected chi connectivity index (χ4v) is 4.21. The summed E-state index contributed by atoms with van der Waals surface area (Å²) in [6.45, 7) is 5.91. The molecule has 9 nitrogen and oxygen atoms in total. The third-order valence-corrected chi connectivity index (χ3v) is 6.78. The lowest BCUT2D eigenvalue weighted by Crippen LogP contribution is -2.49. The number of nitrogens with one attached hydrogen (secondary N) is 3. The molecule has 0 aliphatic carbocycles. The lowest BCUT2D eigenvalue weighted by molar-refractivity contribution is -0.119. The molecule has 178 valence electrons. The standard InChI is InChI=1S/C23H24ClN5O4S/c1-4-12(2)19(26-22(31)25-15-7-5-13(3)16(24)10-15)20(30)27-23-29-28-21(34-23)14-6-8-17-18(9-14)33-11-32-17/h5-10,12,19H,4,11H2,1-3H3,(H2,25,26,31)(H,27,29,30)/t12-,19-/m0/s1. The van der Waals surface area contributed by atoms with Crippen molar-refractivity contribution in [3.63, 3.8) is 0 Å². The quantitative estimate of drug-likeness (QED) is 0.416. The van der Waals surface area contributed by atoms with Crippen LogP contribution in [0.2, 0.25) is 5.02 Å². The predicted octanol–water partition coefficient (Wildman–Crippen LogP) is 5.07. The molecule has 11 heteroatoms. The molecule has 2 aromatic carbocycles. The second kappa shape index (κ2) is 10.3. The van der Waals surface area contributed by atoms with E-state index in [-0.39, 0.29) is 18.6 Å². The summed E-state index contributed by atoms with van der Waals surface area (Å²) in [5.41, 5.74) is 2.24. The van der Waals surface area contributed by atoms with Gasteiger partial charge in [-0.1, -0.05) is 49.3 Å². The molecular formula is C23H24ClN5O4S. The third kappa shape index (κ3) is 5.40. The highest BCUT2D eigenvalue weighted by Gasteiger charge is 2.27. The van der Waals surface area contributed by atoms with Crippen molar-refractivity contribution in [2.24, 2.45) is 5.92 Å². The molecule has 1 aromatic heterocycles. The van der Waals surface area contributed by atoms with E-state index < -0.39 is 12.1 Å². The summed E-state index contributed by atoms with van der Waals surface area (Å²) in [4.78, 5) is 25.6. The minimum Gasteiger partial charge on any atom is -0.454 e. The summed E-state index contributed by atoms with van der Waals surface area (Å²) in [6.07, 6.45) is 0.688. The van der Waals surface area contributed by atoms with Crippen molar-refractivity contribution in [3.05, 3.63) is 47.0 Å². The number of halogens is 1. The normalized spacial score (nSPS) is 13.8. The lowest BCUT2D eigenvalue weighted by Gasteiger charge is -2.23. The van der Waals surface area contributed by atoms with Gasteiger partial charge >= 0.3 is 6.03 Å². The largest absolute Gasteiger partial charge is 0.454 e. The van der Waals surface area contributed by atoms with Crippen LogP contribution in [0.15, 0.2) is 36.4 Å². The van der Waals surface area contributed by atoms with Crippen LogP contribution in [0.1, 0.15) is 25.8 Å². The average Bonchev–Trinajstić information content (AvgIpc) is 3.48. The van der Waals surface area contributed by atoms with Gasteiger partial charge in [0.1, 0.15) is 11.0 Å². The summed E-state index contributed by atoms with van der Waals surface area (Å²) in [5.74, 6) is 0.823. The van der Waals surface area contributed by atoms with Crippen molar-refractivity contribution in [2.75, 3.05) is 17.4 Å². The average molecular weight is 502 g/mol. The van der Waals surface area contributed by atoms with Crippen LogP contribution in [0.5, 0.6) is 11.5 Å². The Balaban J connectivity index is 1.42. The summed E-state index contributed by atoms with van der Waals surface area (Å²) in [7, 11) is 0. The Bertz CT molecular complexity index is 1220. The second-order valence-corrected chi connectivity index (χ2v) is 9.28. The Hall–Kier alpha value is -3.37. The van der Waals surface area contributed by atoms with E-state index in [9.17, 15) is 9.59 Å². The molecule has 0 saturated carbocycles. The number of aryl methyl sites for hydroxylation is 1. The van der Waals surface area contributed by atoms with Gasteiger partial charge in [0.15, 0.2) is 11.5 Å². The maximum atomic E-state index is 13.0. The van der Waals surface area contributed by atoms with Crippen LogP contribution in [0, 0.1) is 12.8 Å². The van der Waals surface area contributed by atoms with Gasteiger partial charge < -0.3 is 20.1 Å². The molecule has 1 aliphatic heterocycles. The fraction of sp³-hybridized carbons (Fsp3) is 0.304. The highest BCUT2D eigenvalue weighted by atomic mass is 35.5. The molecule has 4 rings (SSSR count). The number of ether oxygens (including phenoxy) is 2.